The largest absolute Gasteiger partial charge is 0.345 e. The molecule has 0 spiro atoms. The Labute approximate surface area is 102 Å². The lowest BCUT2D eigenvalue weighted by molar-refractivity contribution is 0.0826. The highest BCUT2D eigenvalue weighted by atomic mass is 16.2. The molecule has 0 bridgehead atoms. The van der Waals surface area contributed by atoms with Crippen LogP contribution in [0.1, 0.15) is 26.3 Å². The highest BCUT2D eigenvalue weighted by molar-refractivity contribution is 5.99. The predicted octanol–water partition coefficient (Wildman–Crippen LogP) is 1.40. The van der Waals surface area contributed by atoms with Crippen molar-refractivity contribution in [3.05, 3.63) is 34.9 Å². The first-order valence-electron chi connectivity index (χ1n) is 5.38. The first kappa shape index (κ1) is 13.2. The molecule has 0 saturated heterocycles. The number of carbonyl (C=O) groups excluding carboxylic acids is 2. The van der Waals surface area contributed by atoms with E-state index in [0.29, 0.717) is 11.1 Å². The number of carbonyl (C=O) groups is 2. The molecule has 0 heterocycles. The maximum absolute atomic E-state index is 11.8. The molecule has 0 fully saturated rings. The molecule has 1 aromatic rings. The van der Waals surface area contributed by atoms with Crippen LogP contribution in [0.4, 0.5) is 0 Å². The first-order chi connectivity index (χ1) is 7.82. The molecule has 2 amide bonds. The summed E-state index contributed by atoms with van der Waals surface area (Å²) in [7, 11) is 6.77. The van der Waals surface area contributed by atoms with E-state index in [9.17, 15) is 9.59 Å². The molecule has 92 valence electrons. The van der Waals surface area contributed by atoms with Crippen LogP contribution in [0.3, 0.4) is 0 Å². The van der Waals surface area contributed by atoms with Crippen LogP contribution < -0.4 is 0 Å². The van der Waals surface area contributed by atoms with Crippen LogP contribution in [-0.2, 0) is 0 Å². The third kappa shape index (κ3) is 3.06. The summed E-state index contributed by atoms with van der Waals surface area (Å²) in [6, 6.07) is 5.21. The van der Waals surface area contributed by atoms with Crippen LogP contribution in [0.2, 0.25) is 0 Å². The van der Waals surface area contributed by atoms with Gasteiger partial charge < -0.3 is 9.80 Å². The summed E-state index contributed by atoms with van der Waals surface area (Å²) in [4.78, 5) is 26.7. The van der Waals surface area contributed by atoms with Crippen LogP contribution in [0.25, 0.3) is 0 Å². The first-order valence-corrected chi connectivity index (χ1v) is 5.38. The highest BCUT2D eigenvalue weighted by Crippen LogP contribution is 2.12. The molecule has 4 heteroatoms. The standard InChI is InChI=1S/C13H18N2O2/c1-9-6-10(12(16)14(2)3)8-11(7-9)13(17)15(4)5/h6-8H,1-5H3. The second-order valence-corrected chi connectivity index (χ2v) is 4.49. The van der Waals surface area contributed by atoms with Gasteiger partial charge in [-0.05, 0) is 30.7 Å². The van der Waals surface area contributed by atoms with Crippen LogP contribution in [0.15, 0.2) is 18.2 Å². The molecule has 1 aromatic carbocycles. The van der Waals surface area contributed by atoms with Gasteiger partial charge in [0.15, 0.2) is 0 Å². The summed E-state index contributed by atoms with van der Waals surface area (Å²) in [5, 5.41) is 0. The van der Waals surface area contributed by atoms with Crippen LogP contribution in [0.5, 0.6) is 0 Å². The third-order valence-electron chi connectivity index (χ3n) is 2.38. The summed E-state index contributed by atoms with van der Waals surface area (Å²) >= 11 is 0. The van der Waals surface area contributed by atoms with E-state index in [1.807, 2.05) is 6.92 Å². The van der Waals surface area contributed by atoms with Gasteiger partial charge in [-0.1, -0.05) is 0 Å². The Balaban J connectivity index is 3.20. The van der Waals surface area contributed by atoms with Gasteiger partial charge in [0.25, 0.3) is 11.8 Å². The Kier molecular flexibility index (Phi) is 3.89. The minimum atomic E-state index is -0.0958. The maximum Gasteiger partial charge on any atom is 0.253 e. The second-order valence-electron chi connectivity index (χ2n) is 4.49. The van der Waals surface area contributed by atoms with Crippen molar-refractivity contribution < 1.29 is 9.59 Å². The van der Waals surface area contributed by atoms with Gasteiger partial charge in [0.2, 0.25) is 0 Å². The summed E-state index contributed by atoms with van der Waals surface area (Å²) in [6.45, 7) is 1.87. The molecule has 0 aliphatic rings. The lowest BCUT2D eigenvalue weighted by Gasteiger charge is -2.14. The molecule has 0 aliphatic heterocycles. The number of hydrogen-bond acceptors (Lipinski definition) is 2. The van der Waals surface area contributed by atoms with Crippen molar-refractivity contribution in [3.8, 4) is 0 Å². The molecule has 4 nitrogen and oxygen atoms in total. The number of aryl methyl sites for hydroxylation is 1. The lowest BCUT2D eigenvalue weighted by atomic mass is 10.0. The van der Waals surface area contributed by atoms with E-state index < -0.39 is 0 Å². The van der Waals surface area contributed by atoms with Crippen LogP contribution >= 0.6 is 0 Å². The highest BCUT2D eigenvalue weighted by Gasteiger charge is 2.14. The summed E-state index contributed by atoms with van der Waals surface area (Å²) in [6.07, 6.45) is 0. The summed E-state index contributed by atoms with van der Waals surface area (Å²) in [5.41, 5.74) is 1.99. The Morgan fingerprint density at radius 1 is 0.824 bits per heavy atom. The minimum Gasteiger partial charge on any atom is -0.345 e. The Bertz CT molecular complexity index is 412. The lowest BCUT2D eigenvalue weighted by Crippen LogP contribution is -2.24. The summed E-state index contributed by atoms with van der Waals surface area (Å²) in [5.74, 6) is -0.192. The molecule has 0 radical (unpaired) electrons. The topological polar surface area (TPSA) is 40.6 Å². The van der Waals surface area contributed by atoms with Gasteiger partial charge in [0.05, 0.1) is 0 Å². The molecular weight excluding hydrogens is 216 g/mol. The number of benzene rings is 1. The average Bonchev–Trinajstić information content (AvgIpc) is 2.25. The van der Waals surface area contributed by atoms with Gasteiger partial charge in [-0.2, -0.15) is 0 Å². The van der Waals surface area contributed by atoms with E-state index >= 15 is 0 Å². The average molecular weight is 234 g/mol. The van der Waals surface area contributed by atoms with Gasteiger partial charge in [-0.15, -0.1) is 0 Å². The van der Waals surface area contributed by atoms with Crippen molar-refractivity contribution in [1.29, 1.82) is 0 Å². The van der Waals surface area contributed by atoms with Crippen molar-refractivity contribution in [2.45, 2.75) is 6.92 Å². The fourth-order valence-corrected chi connectivity index (χ4v) is 1.55. The van der Waals surface area contributed by atoms with Crippen molar-refractivity contribution in [3.63, 3.8) is 0 Å². The van der Waals surface area contributed by atoms with E-state index in [0.717, 1.165) is 5.56 Å². The molecule has 17 heavy (non-hydrogen) atoms. The fourth-order valence-electron chi connectivity index (χ4n) is 1.55. The van der Waals surface area contributed by atoms with Crippen molar-refractivity contribution in [2.75, 3.05) is 28.2 Å². The van der Waals surface area contributed by atoms with Gasteiger partial charge in [-0.3, -0.25) is 9.59 Å². The van der Waals surface area contributed by atoms with E-state index in [1.165, 1.54) is 9.80 Å². The predicted molar refractivity (Wildman–Crippen MR) is 67.2 cm³/mol. The van der Waals surface area contributed by atoms with E-state index in [4.69, 9.17) is 0 Å². The van der Waals surface area contributed by atoms with Gasteiger partial charge in [-0.25, -0.2) is 0 Å². The number of nitrogens with zero attached hydrogens (tertiary/aromatic N) is 2. The van der Waals surface area contributed by atoms with E-state index in [2.05, 4.69) is 0 Å². The van der Waals surface area contributed by atoms with Crippen molar-refractivity contribution >= 4 is 11.8 Å². The molecule has 0 unspecified atom stereocenters. The summed E-state index contributed by atoms with van der Waals surface area (Å²) < 4.78 is 0. The zero-order chi connectivity index (χ0) is 13.2. The van der Waals surface area contributed by atoms with Crippen LogP contribution in [0, 0.1) is 6.92 Å². The Hall–Kier alpha value is -1.84. The fraction of sp³-hybridized carbons (Fsp3) is 0.385. The second kappa shape index (κ2) is 4.99. The SMILES string of the molecule is Cc1cc(C(=O)N(C)C)cc(C(=O)N(C)C)c1. The normalized spacial score (nSPS) is 9.94. The zero-order valence-corrected chi connectivity index (χ0v) is 10.9. The molecule has 0 atom stereocenters. The Morgan fingerprint density at radius 2 is 1.18 bits per heavy atom. The molecular formula is C13H18N2O2. The van der Waals surface area contributed by atoms with Gasteiger partial charge in [0, 0.05) is 39.3 Å². The van der Waals surface area contributed by atoms with Crippen LogP contribution in [-0.4, -0.2) is 49.8 Å². The van der Waals surface area contributed by atoms with E-state index in [-0.39, 0.29) is 11.8 Å². The monoisotopic (exact) mass is 234 g/mol. The minimum absolute atomic E-state index is 0.0958. The number of rotatable bonds is 2. The van der Waals surface area contributed by atoms with Gasteiger partial charge in [0.1, 0.15) is 0 Å². The Morgan fingerprint density at radius 3 is 1.47 bits per heavy atom. The third-order valence-corrected chi connectivity index (χ3v) is 2.38. The maximum atomic E-state index is 11.8. The van der Waals surface area contributed by atoms with Gasteiger partial charge >= 0.3 is 0 Å². The molecule has 0 saturated carbocycles. The molecule has 0 aliphatic carbocycles. The van der Waals surface area contributed by atoms with Crippen molar-refractivity contribution in [1.82, 2.24) is 9.80 Å². The number of amides is 2. The molecule has 0 aromatic heterocycles. The van der Waals surface area contributed by atoms with Crippen molar-refractivity contribution in [2.24, 2.45) is 0 Å². The molecule has 1 rings (SSSR count). The quantitative estimate of drug-likeness (QED) is 0.776. The smallest absolute Gasteiger partial charge is 0.253 e. The van der Waals surface area contributed by atoms with E-state index in [1.54, 1.807) is 46.4 Å². The zero-order valence-electron chi connectivity index (χ0n) is 10.9. The number of hydrogen-bond donors (Lipinski definition) is 0. The molecule has 0 N–H and O–H groups in total.